The first kappa shape index (κ1) is 10.3. The van der Waals surface area contributed by atoms with Crippen LogP contribution in [0.5, 0.6) is 0 Å². The van der Waals surface area contributed by atoms with Crippen molar-refractivity contribution < 1.29 is 8.42 Å². The highest BCUT2D eigenvalue weighted by molar-refractivity contribution is 7.94. The quantitative estimate of drug-likeness (QED) is 0.582. The molecule has 5 heteroatoms. The number of hydrogen-bond donors (Lipinski definition) is 1. The van der Waals surface area contributed by atoms with Crippen molar-refractivity contribution >= 4 is 15.5 Å². The molecule has 1 rings (SSSR count). The van der Waals surface area contributed by atoms with Crippen LogP contribution in [-0.4, -0.2) is 8.42 Å². The number of nitrogens with zero attached hydrogens (tertiary/aromatic N) is 1. The van der Waals surface area contributed by atoms with Crippen LogP contribution < -0.4 is 5.73 Å². The van der Waals surface area contributed by atoms with Gasteiger partial charge in [-0.3, -0.25) is 0 Å². The van der Waals surface area contributed by atoms with Crippen molar-refractivity contribution in [2.45, 2.75) is 4.90 Å². The topological polar surface area (TPSA) is 84.0 Å². The van der Waals surface area contributed by atoms with Crippen molar-refractivity contribution in [1.29, 1.82) is 5.26 Å². The maximum absolute atomic E-state index is 11.4. The van der Waals surface area contributed by atoms with Crippen LogP contribution in [0.4, 0.5) is 5.69 Å². The van der Waals surface area contributed by atoms with E-state index in [1.165, 1.54) is 24.3 Å². The molecule has 0 aliphatic carbocycles. The van der Waals surface area contributed by atoms with Gasteiger partial charge in [-0.2, -0.15) is 5.26 Å². The Kier molecular flexibility index (Phi) is 2.89. The molecule has 2 N–H and O–H groups in total. The number of anilines is 1. The van der Waals surface area contributed by atoms with Crippen LogP contribution in [0.3, 0.4) is 0 Å². The summed E-state index contributed by atoms with van der Waals surface area (Å²) in [5, 5.41) is 9.06. The van der Waals surface area contributed by atoms with Gasteiger partial charge < -0.3 is 5.73 Å². The third-order valence-electron chi connectivity index (χ3n) is 1.53. The first-order valence-electron chi connectivity index (χ1n) is 3.73. The second-order valence-corrected chi connectivity index (χ2v) is 4.38. The van der Waals surface area contributed by atoms with Gasteiger partial charge in [0.15, 0.2) is 0 Å². The van der Waals surface area contributed by atoms with Crippen molar-refractivity contribution in [3.8, 4) is 6.07 Å². The van der Waals surface area contributed by atoms with Crippen LogP contribution in [0.25, 0.3) is 0 Å². The molecule has 0 amide bonds. The molecule has 0 atom stereocenters. The fourth-order valence-electron chi connectivity index (χ4n) is 0.856. The minimum atomic E-state index is -3.50. The predicted molar refractivity (Wildman–Crippen MR) is 52.8 cm³/mol. The van der Waals surface area contributed by atoms with Gasteiger partial charge in [-0.1, -0.05) is 0 Å². The lowest BCUT2D eigenvalue weighted by atomic mass is 10.3. The summed E-state index contributed by atoms with van der Waals surface area (Å²) >= 11 is 0. The van der Waals surface area contributed by atoms with Gasteiger partial charge in [-0.25, -0.2) is 8.42 Å². The maximum Gasteiger partial charge on any atom is 0.200 e. The molecule has 0 saturated carbocycles. The first-order valence-corrected chi connectivity index (χ1v) is 5.28. The van der Waals surface area contributed by atoms with E-state index in [2.05, 4.69) is 0 Å². The molecule has 4 nitrogen and oxygen atoms in total. The highest BCUT2D eigenvalue weighted by Crippen LogP contribution is 2.13. The SMILES string of the molecule is N#CC=CS(=O)(=O)c1ccc(N)cc1. The van der Waals surface area contributed by atoms with Gasteiger partial charge in [0.1, 0.15) is 0 Å². The summed E-state index contributed by atoms with van der Waals surface area (Å²) < 4.78 is 22.8. The lowest BCUT2D eigenvalue weighted by Gasteiger charge is -1.98. The number of nitrogen functional groups attached to an aromatic ring is 1. The Bertz CT molecular complexity index is 481. The summed E-state index contributed by atoms with van der Waals surface area (Å²) in [5.74, 6) is 0. The number of nitriles is 1. The average molecular weight is 208 g/mol. The van der Waals surface area contributed by atoms with Crippen molar-refractivity contribution in [1.82, 2.24) is 0 Å². The molecule has 14 heavy (non-hydrogen) atoms. The maximum atomic E-state index is 11.4. The first-order chi connectivity index (χ1) is 6.56. The zero-order chi connectivity index (χ0) is 10.6. The zero-order valence-electron chi connectivity index (χ0n) is 7.21. The number of rotatable bonds is 2. The molecule has 0 bridgehead atoms. The Labute approximate surface area is 82.2 Å². The Morgan fingerprint density at radius 3 is 2.36 bits per heavy atom. The van der Waals surface area contributed by atoms with E-state index in [4.69, 9.17) is 11.0 Å². The standard InChI is InChI=1S/C9H8N2O2S/c10-6-1-7-14(12,13)9-4-2-8(11)3-5-9/h1-5,7H,11H2. The summed E-state index contributed by atoms with van der Waals surface area (Å²) in [5.41, 5.74) is 5.90. The second-order valence-electron chi connectivity index (χ2n) is 2.55. The predicted octanol–water partition coefficient (Wildman–Crippen LogP) is 1.08. The monoisotopic (exact) mass is 208 g/mol. The Morgan fingerprint density at radius 1 is 1.29 bits per heavy atom. The molecule has 0 aromatic heterocycles. The molecule has 0 spiro atoms. The molecule has 1 aromatic rings. The van der Waals surface area contributed by atoms with E-state index in [1.54, 1.807) is 6.07 Å². The number of nitrogens with two attached hydrogens (primary N) is 1. The number of hydrogen-bond acceptors (Lipinski definition) is 4. The second kappa shape index (κ2) is 3.94. The normalized spacial score (nSPS) is 11.4. The Hall–Kier alpha value is -1.80. The van der Waals surface area contributed by atoms with Crippen LogP contribution in [0.15, 0.2) is 40.6 Å². The summed E-state index contributed by atoms with van der Waals surface area (Å²) in [6.07, 6.45) is 0.922. The fourth-order valence-corrected chi connectivity index (χ4v) is 1.77. The van der Waals surface area contributed by atoms with Crippen LogP contribution in [-0.2, 0) is 9.84 Å². The minimum Gasteiger partial charge on any atom is -0.399 e. The molecule has 0 heterocycles. The number of allylic oxidation sites excluding steroid dienone is 1. The third-order valence-corrected chi connectivity index (χ3v) is 2.95. The summed E-state index contributed by atoms with van der Waals surface area (Å²) in [7, 11) is -3.50. The molecular formula is C9H8N2O2S. The van der Waals surface area contributed by atoms with Crippen LogP contribution >= 0.6 is 0 Å². The van der Waals surface area contributed by atoms with Gasteiger partial charge in [-0.05, 0) is 24.3 Å². The molecular weight excluding hydrogens is 200 g/mol. The fraction of sp³-hybridized carbons (Fsp3) is 0. The number of sulfone groups is 1. The molecule has 72 valence electrons. The Morgan fingerprint density at radius 2 is 1.86 bits per heavy atom. The molecule has 0 fully saturated rings. The van der Waals surface area contributed by atoms with E-state index < -0.39 is 9.84 Å². The average Bonchev–Trinajstić information content (AvgIpc) is 2.16. The van der Waals surface area contributed by atoms with Gasteiger partial charge in [0.25, 0.3) is 0 Å². The highest BCUT2D eigenvalue weighted by Gasteiger charge is 2.08. The molecule has 0 aliphatic rings. The minimum absolute atomic E-state index is 0.123. The van der Waals surface area contributed by atoms with E-state index in [9.17, 15) is 8.42 Å². The van der Waals surface area contributed by atoms with Gasteiger partial charge in [0.2, 0.25) is 9.84 Å². The summed E-state index contributed by atoms with van der Waals surface area (Å²) in [4.78, 5) is 0.123. The molecule has 0 unspecified atom stereocenters. The van der Waals surface area contributed by atoms with Crippen molar-refractivity contribution in [3.05, 3.63) is 35.7 Å². The zero-order valence-corrected chi connectivity index (χ0v) is 8.03. The highest BCUT2D eigenvalue weighted by atomic mass is 32.2. The lowest BCUT2D eigenvalue weighted by Crippen LogP contribution is -1.96. The number of benzene rings is 1. The van der Waals surface area contributed by atoms with Crippen molar-refractivity contribution in [3.63, 3.8) is 0 Å². The van der Waals surface area contributed by atoms with Gasteiger partial charge in [-0.15, -0.1) is 0 Å². The van der Waals surface area contributed by atoms with E-state index in [0.29, 0.717) is 5.69 Å². The molecule has 0 radical (unpaired) electrons. The van der Waals surface area contributed by atoms with Crippen molar-refractivity contribution in [2.24, 2.45) is 0 Å². The largest absolute Gasteiger partial charge is 0.399 e. The van der Waals surface area contributed by atoms with Gasteiger partial charge in [0, 0.05) is 17.2 Å². The molecule has 1 aromatic carbocycles. The Balaban J connectivity index is 3.13. The summed E-state index contributed by atoms with van der Waals surface area (Å²) in [6, 6.07) is 7.40. The van der Waals surface area contributed by atoms with Crippen LogP contribution in [0, 0.1) is 11.3 Å². The smallest absolute Gasteiger partial charge is 0.200 e. The molecule has 0 aliphatic heterocycles. The van der Waals surface area contributed by atoms with E-state index in [-0.39, 0.29) is 4.90 Å². The van der Waals surface area contributed by atoms with E-state index in [1.807, 2.05) is 0 Å². The molecule has 0 saturated heterocycles. The lowest BCUT2D eigenvalue weighted by molar-refractivity contribution is 0.604. The van der Waals surface area contributed by atoms with Crippen LogP contribution in [0.1, 0.15) is 0 Å². The summed E-state index contributed by atoms with van der Waals surface area (Å²) in [6.45, 7) is 0. The van der Waals surface area contributed by atoms with E-state index in [0.717, 1.165) is 11.5 Å². The van der Waals surface area contributed by atoms with Gasteiger partial charge >= 0.3 is 0 Å². The van der Waals surface area contributed by atoms with Crippen LogP contribution in [0.2, 0.25) is 0 Å². The van der Waals surface area contributed by atoms with Crippen molar-refractivity contribution in [2.75, 3.05) is 5.73 Å². The van der Waals surface area contributed by atoms with Gasteiger partial charge in [0.05, 0.1) is 11.0 Å². The third kappa shape index (κ3) is 2.34. The van der Waals surface area contributed by atoms with E-state index >= 15 is 0 Å².